The quantitative estimate of drug-likeness (QED) is 0.429. The molecule has 1 atom stereocenters. The van der Waals surface area contributed by atoms with Crippen LogP contribution in [0.25, 0.3) is 0 Å². The Morgan fingerprint density at radius 1 is 1.31 bits per heavy atom. The average Bonchev–Trinajstić information content (AvgIpc) is 2.74. The second kappa shape index (κ2) is 9.31. The minimum atomic E-state index is -0.452. The summed E-state index contributed by atoms with van der Waals surface area (Å²) in [6.45, 7) is 5.04. The lowest BCUT2D eigenvalue weighted by Gasteiger charge is -2.31. The van der Waals surface area contributed by atoms with E-state index in [2.05, 4.69) is 15.3 Å². The second-order valence-electron chi connectivity index (χ2n) is 6.94. The Bertz CT molecular complexity index is 853. The van der Waals surface area contributed by atoms with Gasteiger partial charge in [-0.2, -0.15) is 0 Å². The number of nitro groups is 1. The van der Waals surface area contributed by atoms with Gasteiger partial charge in [0, 0.05) is 13.1 Å². The van der Waals surface area contributed by atoms with Crippen LogP contribution in [0.5, 0.6) is 0 Å². The largest absolute Gasteiger partial charge is 0.466 e. The van der Waals surface area contributed by atoms with Gasteiger partial charge in [0.2, 0.25) is 11.6 Å². The molecule has 0 spiro atoms. The molecule has 1 aromatic carbocycles. The van der Waals surface area contributed by atoms with Crippen molar-refractivity contribution in [3.8, 4) is 0 Å². The Morgan fingerprint density at radius 2 is 2.00 bits per heavy atom. The number of ether oxygens (including phenoxy) is 1. The molecule has 0 bridgehead atoms. The predicted octanol–water partition coefficient (Wildman–Crippen LogP) is 3.34. The maximum Gasteiger partial charge on any atom is 0.353 e. The van der Waals surface area contributed by atoms with Crippen molar-refractivity contribution < 1.29 is 14.5 Å². The zero-order chi connectivity index (χ0) is 20.8. The molecule has 0 amide bonds. The van der Waals surface area contributed by atoms with Gasteiger partial charge in [-0.3, -0.25) is 14.9 Å². The lowest BCUT2D eigenvalue weighted by molar-refractivity contribution is -0.383. The van der Waals surface area contributed by atoms with E-state index in [4.69, 9.17) is 4.74 Å². The first-order valence-electron chi connectivity index (χ1n) is 9.73. The fraction of sp³-hybridized carbons (Fsp3) is 0.450. The third kappa shape index (κ3) is 4.79. The summed E-state index contributed by atoms with van der Waals surface area (Å²) in [4.78, 5) is 33.5. The van der Waals surface area contributed by atoms with Crippen molar-refractivity contribution in [3.63, 3.8) is 0 Å². The number of carbonyl (C=O) groups is 1. The SMILES string of the molecule is CCOC(=O)C1CCN(c2ncnc(NC(C)c3ccccc3)c2[N+](=O)[O-])CC1. The topological polar surface area (TPSA) is 110 Å². The van der Waals surface area contributed by atoms with Gasteiger partial charge in [0.15, 0.2) is 0 Å². The molecular formula is C20H25N5O4. The van der Waals surface area contributed by atoms with E-state index in [1.54, 1.807) is 6.92 Å². The Kier molecular flexibility index (Phi) is 6.58. The Labute approximate surface area is 169 Å². The number of esters is 1. The predicted molar refractivity (Wildman–Crippen MR) is 109 cm³/mol. The molecule has 0 aliphatic carbocycles. The van der Waals surface area contributed by atoms with E-state index < -0.39 is 4.92 Å². The van der Waals surface area contributed by atoms with E-state index in [-0.39, 0.29) is 35.3 Å². The van der Waals surface area contributed by atoms with E-state index in [1.807, 2.05) is 42.2 Å². The van der Waals surface area contributed by atoms with Crippen molar-refractivity contribution in [2.45, 2.75) is 32.7 Å². The van der Waals surface area contributed by atoms with Crippen molar-refractivity contribution in [2.24, 2.45) is 5.92 Å². The van der Waals surface area contributed by atoms with E-state index in [0.29, 0.717) is 32.5 Å². The number of nitrogens with one attached hydrogen (secondary N) is 1. The van der Waals surface area contributed by atoms with Gasteiger partial charge < -0.3 is 15.0 Å². The van der Waals surface area contributed by atoms with Crippen molar-refractivity contribution >= 4 is 23.3 Å². The number of rotatable bonds is 7. The highest BCUT2D eigenvalue weighted by atomic mass is 16.6. The van der Waals surface area contributed by atoms with Crippen LogP contribution in [-0.4, -0.2) is 40.6 Å². The molecule has 9 heteroatoms. The molecule has 154 valence electrons. The van der Waals surface area contributed by atoms with Crippen LogP contribution in [0.1, 0.15) is 38.3 Å². The number of carbonyl (C=O) groups excluding carboxylic acids is 1. The summed E-state index contributed by atoms with van der Waals surface area (Å²) in [6.07, 6.45) is 2.48. The summed E-state index contributed by atoms with van der Waals surface area (Å²) in [7, 11) is 0. The van der Waals surface area contributed by atoms with Crippen molar-refractivity contribution in [2.75, 3.05) is 29.9 Å². The molecule has 9 nitrogen and oxygen atoms in total. The summed E-state index contributed by atoms with van der Waals surface area (Å²) in [5.74, 6) is 0.0742. The number of hydrogen-bond acceptors (Lipinski definition) is 8. The highest BCUT2D eigenvalue weighted by Crippen LogP contribution is 2.35. The molecule has 0 radical (unpaired) electrons. The fourth-order valence-corrected chi connectivity index (χ4v) is 3.49. The number of hydrogen-bond donors (Lipinski definition) is 1. The lowest BCUT2D eigenvalue weighted by Crippen LogP contribution is -2.37. The molecule has 2 aromatic rings. The minimum Gasteiger partial charge on any atom is -0.466 e. The van der Waals surface area contributed by atoms with Gasteiger partial charge in [-0.15, -0.1) is 0 Å². The normalized spacial score (nSPS) is 15.6. The van der Waals surface area contributed by atoms with Gasteiger partial charge in [0.05, 0.1) is 23.5 Å². The first kappa shape index (κ1) is 20.5. The Morgan fingerprint density at radius 3 is 2.62 bits per heavy atom. The summed E-state index contributed by atoms with van der Waals surface area (Å²) >= 11 is 0. The van der Waals surface area contributed by atoms with Gasteiger partial charge in [-0.05, 0) is 32.3 Å². The fourth-order valence-electron chi connectivity index (χ4n) is 3.49. The Balaban J connectivity index is 1.79. The molecule has 2 heterocycles. The van der Waals surface area contributed by atoms with Gasteiger partial charge >= 0.3 is 11.7 Å². The van der Waals surface area contributed by atoms with Crippen LogP contribution in [0.4, 0.5) is 17.3 Å². The molecule has 1 aliphatic heterocycles. The monoisotopic (exact) mass is 399 g/mol. The molecule has 1 N–H and O–H groups in total. The van der Waals surface area contributed by atoms with Crippen LogP contribution in [0, 0.1) is 16.0 Å². The molecule has 1 aromatic heterocycles. The standard InChI is InChI=1S/C20H25N5O4/c1-3-29-20(26)16-9-11-24(12-10-16)19-17(25(27)28)18(21-13-22-19)23-14(2)15-7-5-4-6-8-15/h4-8,13-14,16H,3,9-12H2,1-2H3,(H,21,22,23). The average molecular weight is 399 g/mol. The number of nitrogens with zero attached hydrogens (tertiary/aromatic N) is 4. The molecular weight excluding hydrogens is 374 g/mol. The van der Waals surface area contributed by atoms with E-state index in [1.165, 1.54) is 6.33 Å². The number of benzene rings is 1. The highest BCUT2D eigenvalue weighted by molar-refractivity contribution is 5.74. The van der Waals surface area contributed by atoms with E-state index in [9.17, 15) is 14.9 Å². The molecule has 1 aliphatic rings. The Hall–Kier alpha value is -3.23. The van der Waals surface area contributed by atoms with Gasteiger partial charge in [0.1, 0.15) is 6.33 Å². The van der Waals surface area contributed by atoms with Crippen LogP contribution in [0.15, 0.2) is 36.7 Å². The molecule has 0 saturated carbocycles. The molecule has 3 rings (SSSR count). The van der Waals surface area contributed by atoms with Crippen molar-refractivity contribution in [1.29, 1.82) is 0 Å². The molecule has 29 heavy (non-hydrogen) atoms. The summed E-state index contributed by atoms with van der Waals surface area (Å²) < 4.78 is 5.09. The molecule has 1 saturated heterocycles. The van der Waals surface area contributed by atoms with Crippen LogP contribution in [0.2, 0.25) is 0 Å². The van der Waals surface area contributed by atoms with Crippen molar-refractivity contribution in [3.05, 3.63) is 52.3 Å². The minimum absolute atomic E-state index is 0.148. The number of anilines is 2. The third-order valence-electron chi connectivity index (χ3n) is 5.05. The smallest absolute Gasteiger partial charge is 0.353 e. The summed E-state index contributed by atoms with van der Waals surface area (Å²) in [6, 6.07) is 9.49. The van der Waals surface area contributed by atoms with Gasteiger partial charge in [0.25, 0.3) is 0 Å². The van der Waals surface area contributed by atoms with Crippen LogP contribution < -0.4 is 10.2 Å². The van der Waals surface area contributed by atoms with Crippen molar-refractivity contribution in [1.82, 2.24) is 9.97 Å². The highest BCUT2D eigenvalue weighted by Gasteiger charge is 2.32. The zero-order valence-corrected chi connectivity index (χ0v) is 16.6. The van der Waals surface area contributed by atoms with Gasteiger partial charge in [-0.25, -0.2) is 9.97 Å². The van der Waals surface area contributed by atoms with Crippen LogP contribution in [-0.2, 0) is 9.53 Å². The summed E-state index contributed by atoms with van der Waals surface area (Å²) in [5.41, 5.74) is 0.849. The lowest BCUT2D eigenvalue weighted by atomic mass is 9.97. The maximum atomic E-state index is 11.9. The number of aromatic nitrogens is 2. The number of piperidine rings is 1. The van der Waals surface area contributed by atoms with Crippen LogP contribution >= 0.6 is 0 Å². The summed E-state index contributed by atoms with van der Waals surface area (Å²) in [5, 5.41) is 15.0. The van der Waals surface area contributed by atoms with E-state index in [0.717, 1.165) is 5.56 Å². The third-order valence-corrected chi connectivity index (χ3v) is 5.05. The van der Waals surface area contributed by atoms with Crippen LogP contribution in [0.3, 0.4) is 0 Å². The van der Waals surface area contributed by atoms with Gasteiger partial charge in [-0.1, -0.05) is 30.3 Å². The molecule has 1 fully saturated rings. The second-order valence-corrected chi connectivity index (χ2v) is 6.94. The maximum absolute atomic E-state index is 11.9. The zero-order valence-electron chi connectivity index (χ0n) is 16.6. The molecule has 1 unspecified atom stereocenters. The first-order chi connectivity index (χ1) is 14.0. The van der Waals surface area contributed by atoms with E-state index >= 15 is 0 Å². The first-order valence-corrected chi connectivity index (χ1v) is 9.73.